The van der Waals surface area contributed by atoms with Gasteiger partial charge in [-0.1, -0.05) is 42.5 Å². The number of nitrogens with one attached hydrogen (secondary N) is 1. The van der Waals surface area contributed by atoms with Gasteiger partial charge in [-0.2, -0.15) is 0 Å². The number of nitrogens with zero attached hydrogens (tertiary/aromatic N) is 3. The third-order valence-corrected chi connectivity index (χ3v) is 7.83. The molecule has 1 fully saturated rings. The highest BCUT2D eigenvalue weighted by atomic mass is 127. The summed E-state index contributed by atoms with van der Waals surface area (Å²) < 4.78 is 3.62. The van der Waals surface area contributed by atoms with E-state index in [0.29, 0.717) is 5.92 Å². The van der Waals surface area contributed by atoms with Gasteiger partial charge in [0.2, 0.25) is 5.91 Å². The Balaban J connectivity index is 1.22. The average Bonchev–Trinajstić information content (AvgIpc) is 3.23. The van der Waals surface area contributed by atoms with Crippen LogP contribution in [0.2, 0.25) is 0 Å². The summed E-state index contributed by atoms with van der Waals surface area (Å²) in [5.74, 6) is 1.60. The number of halogens is 1. The van der Waals surface area contributed by atoms with Crippen LogP contribution in [-0.2, 0) is 11.3 Å². The highest BCUT2D eigenvalue weighted by molar-refractivity contribution is 14.1. The molecule has 1 amide bonds. The van der Waals surface area contributed by atoms with E-state index in [4.69, 9.17) is 4.98 Å². The number of para-hydroxylation sites is 2. The smallest absolute Gasteiger partial charge is 0.221 e. The Bertz CT molecular complexity index is 1320. The molecule has 0 atom stereocenters. The van der Waals surface area contributed by atoms with Crippen LogP contribution >= 0.6 is 22.6 Å². The molecule has 5 nitrogen and oxygen atoms in total. The molecule has 0 aliphatic carbocycles. The normalized spacial score (nSPS) is 14.9. The first kappa shape index (κ1) is 24.0. The van der Waals surface area contributed by atoms with Crippen LogP contribution < -0.4 is 5.32 Å². The lowest BCUT2D eigenvalue weighted by Crippen LogP contribution is -2.34. The lowest BCUT2D eigenvalue weighted by molar-refractivity contribution is -0.114. The molecule has 2 heterocycles. The zero-order valence-electron chi connectivity index (χ0n) is 20.1. The molecule has 0 bridgehead atoms. The lowest BCUT2D eigenvalue weighted by atomic mass is 9.89. The third-order valence-electron chi connectivity index (χ3n) is 6.89. The molecular weight excluding hydrogens is 547 g/mol. The second-order valence-corrected chi connectivity index (χ2v) is 10.5. The number of anilines is 1. The van der Waals surface area contributed by atoms with Crippen molar-refractivity contribution < 1.29 is 4.79 Å². The topological polar surface area (TPSA) is 50.2 Å². The molecule has 0 spiro atoms. The number of piperidine rings is 1. The summed E-state index contributed by atoms with van der Waals surface area (Å²) >= 11 is 2.41. The molecule has 35 heavy (non-hydrogen) atoms. The average molecular weight is 578 g/mol. The summed E-state index contributed by atoms with van der Waals surface area (Å²) in [6.07, 6.45) is 3.41. The molecule has 0 radical (unpaired) electrons. The van der Waals surface area contributed by atoms with Crippen LogP contribution in [-0.4, -0.2) is 40.0 Å². The van der Waals surface area contributed by atoms with Gasteiger partial charge in [0.1, 0.15) is 5.82 Å². The fraction of sp³-hybridized carbons (Fsp3) is 0.310. The van der Waals surface area contributed by atoms with Gasteiger partial charge in [-0.15, -0.1) is 0 Å². The van der Waals surface area contributed by atoms with Crippen LogP contribution in [0.25, 0.3) is 22.4 Å². The van der Waals surface area contributed by atoms with E-state index in [0.717, 1.165) is 62.5 Å². The van der Waals surface area contributed by atoms with Crippen molar-refractivity contribution in [2.75, 3.05) is 25.0 Å². The zero-order valence-corrected chi connectivity index (χ0v) is 22.2. The molecule has 180 valence electrons. The van der Waals surface area contributed by atoms with Crippen LogP contribution in [0.1, 0.15) is 37.7 Å². The van der Waals surface area contributed by atoms with E-state index >= 15 is 0 Å². The van der Waals surface area contributed by atoms with Gasteiger partial charge in [-0.05, 0) is 103 Å². The second kappa shape index (κ2) is 10.9. The van der Waals surface area contributed by atoms with E-state index in [1.54, 1.807) is 6.92 Å². The van der Waals surface area contributed by atoms with Gasteiger partial charge in [-0.3, -0.25) is 4.79 Å². The summed E-state index contributed by atoms with van der Waals surface area (Å²) in [5, 5.41) is 2.91. The van der Waals surface area contributed by atoms with E-state index in [1.165, 1.54) is 20.2 Å². The van der Waals surface area contributed by atoms with E-state index in [2.05, 4.69) is 98.0 Å². The maximum absolute atomic E-state index is 11.4. The molecule has 1 aliphatic rings. The Morgan fingerprint density at radius 1 is 1.00 bits per heavy atom. The van der Waals surface area contributed by atoms with Gasteiger partial charge in [0.05, 0.1) is 11.0 Å². The van der Waals surface area contributed by atoms with Crippen LogP contribution in [0.4, 0.5) is 5.69 Å². The summed E-state index contributed by atoms with van der Waals surface area (Å²) in [7, 11) is 0. The highest BCUT2D eigenvalue weighted by Gasteiger charge is 2.21. The Labute approximate surface area is 220 Å². The maximum atomic E-state index is 11.4. The summed E-state index contributed by atoms with van der Waals surface area (Å²) in [6.45, 7) is 5.84. The van der Waals surface area contributed by atoms with Crippen molar-refractivity contribution in [2.24, 2.45) is 0 Å². The molecular formula is C29H31IN4O. The number of imidazole rings is 1. The number of rotatable bonds is 7. The standard InChI is InChI=1S/C29H31IN4O/c1-21(35)31-24-9-6-8-23(20-24)22-14-18-33(19-15-22)16-7-17-34-28-13-5-4-12-27(28)32-29(34)25-10-2-3-11-26(25)30/h2-6,8-13,20,22H,7,14-19H2,1H3,(H,31,35). The molecule has 1 N–H and O–H groups in total. The monoisotopic (exact) mass is 578 g/mol. The molecule has 1 aromatic heterocycles. The molecule has 1 aliphatic heterocycles. The number of fused-ring (bicyclic) bond motifs is 1. The molecule has 3 aromatic carbocycles. The number of likely N-dealkylation sites (tertiary alicyclic amines) is 1. The number of amides is 1. The number of benzene rings is 3. The molecule has 5 rings (SSSR count). The zero-order chi connectivity index (χ0) is 24.2. The molecule has 6 heteroatoms. The van der Waals surface area contributed by atoms with E-state index < -0.39 is 0 Å². The van der Waals surface area contributed by atoms with Gasteiger partial charge in [0.15, 0.2) is 0 Å². The number of hydrogen-bond acceptors (Lipinski definition) is 3. The Kier molecular flexibility index (Phi) is 7.48. The van der Waals surface area contributed by atoms with Crippen molar-refractivity contribution >= 4 is 45.2 Å². The van der Waals surface area contributed by atoms with E-state index in [1.807, 2.05) is 12.1 Å². The summed E-state index contributed by atoms with van der Waals surface area (Å²) in [4.78, 5) is 19.0. The first-order valence-electron chi connectivity index (χ1n) is 12.4. The Morgan fingerprint density at radius 2 is 1.77 bits per heavy atom. The number of aromatic nitrogens is 2. The van der Waals surface area contributed by atoms with Gasteiger partial charge >= 0.3 is 0 Å². The van der Waals surface area contributed by atoms with Gasteiger partial charge in [-0.25, -0.2) is 4.98 Å². The minimum Gasteiger partial charge on any atom is -0.326 e. The van der Waals surface area contributed by atoms with Crippen molar-refractivity contribution in [3.05, 3.63) is 81.9 Å². The number of hydrogen-bond donors (Lipinski definition) is 1. The molecule has 0 saturated carbocycles. The largest absolute Gasteiger partial charge is 0.326 e. The minimum atomic E-state index is -0.0206. The van der Waals surface area contributed by atoms with E-state index in [9.17, 15) is 4.79 Å². The van der Waals surface area contributed by atoms with Crippen molar-refractivity contribution in [1.29, 1.82) is 0 Å². The second-order valence-electron chi connectivity index (χ2n) is 9.33. The fourth-order valence-electron chi connectivity index (χ4n) is 5.17. The van der Waals surface area contributed by atoms with E-state index in [-0.39, 0.29) is 5.91 Å². The van der Waals surface area contributed by atoms with Crippen LogP contribution in [0.3, 0.4) is 0 Å². The first-order chi connectivity index (χ1) is 17.1. The van der Waals surface area contributed by atoms with Gasteiger partial charge in [0.25, 0.3) is 0 Å². The van der Waals surface area contributed by atoms with Crippen LogP contribution in [0.15, 0.2) is 72.8 Å². The van der Waals surface area contributed by atoms with Gasteiger partial charge < -0.3 is 14.8 Å². The third kappa shape index (κ3) is 5.59. The maximum Gasteiger partial charge on any atom is 0.221 e. The van der Waals surface area contributed by atoms with Crippen LogP contribution in [0, 0.1) is 3.57 Å². The van der Waals surface area contributed by atoms with Crippen LogP contribution in [0.5, 0.6) is 0 Å². The fourth-order valence-corrected chi connectivity index (χ4v) is 5.79. The summed E-state index contributed by atoms with van der Waals surface area (Å²) in [6, 6.07) is 25.3. The quantitative estimate of drug-likeness (QED) is 0.254. The molecule has 1 saturated heterocycles. The number of carbonyl (C=O) groups excluding carboxylic acids is 1. The predicted molar refractivity (Wildman–Crippen MR) is 152 cm³/mol. The Hall–Kier alpha value is -2.71. The Morgan fingerprint density at radius 3 is 2.57 bits per heavy atom. The molecule has 4 aromatic rings. The van der Waals surface area contributed by atoms with Crippen molar-refractivity contribution in [3.8, 4) is 11.4 Å². The SMILES string of the molecule is CC(=O)Nc1cccc(C2CCN(CCCn3c(-c4ccccc4I)nc4ccccc43)CC2)c1. The van der Waals surface area contributed by atoms with Crippen molar-refractivity contribution in [3.63, 3.8) is 0 Å². The van der Waals surface area contributed by atoms with Crippen molar-refractivity contribution in [1.82, 2.24) is 14.5 Å². The minimum absolute atomic E-state index is 0.0206. The molecule has 0 unspecified atom stereocenters. The van der Waals surface area contributed by atoms with Crippen molar-refractivity contribution in [2.45, 2.75) is 38.6 Å². The van der Waals surface area contributed by atoms with Gasteiger partial charge in [0, 0.05) is 28.3 Å². The number of aryl methyl sites for hydroxylation is 1. The number of carbonyl (C=O) groups is 1. The highest BCUT2D eigenvalue weighted by Crippen LogP contribution is 2.31. The lowest BCUT2D eigenvalue weighted by Gasteiger charge is -2.32. The predicted octanol–water partition coefficient (Wildman–Crippen LogP) is 6.54. The summed E-state index contributed by atoms with van der Waals surface area (Å²) in [5.41, 5.74) is 5.70. The first-order valence-corrected chi connectivity index (χ1v) is 13.5.